The van der Waals surface area contributed by atoms with Crippen LogP contribution in [-0.2, 0) is 36.7 Å². The van der Waals surface area contributed by atoms with Gasteiger partial charge in [0, 0.05) is 0 Å². The van der Waals surface area contributed by atoms with Crippen molar-refractivity contribution in [2.75, 3.05) is 0 Å². The summed E-state index contributed by atoms with van der Waals surface area (Å²) in [6.07, 6.45) is 1.60. The Balaban J connectivity index is 0.000000261. The summed E-state index contributed by atoms with van der Waals surface area (Å²) in [5.41, 5.74) is 4.66. The third kappa shape index (κ3) is 6.39. The number of thiocarbonyl (C=S) groups is 1. The molecule has 0 bridgehead atoms. The summed E-state index contributed by atoms with van der Waals surface area (Å²) in [7, 11) is 0. The van der Waals surface area contributed by atoms with E-state index in [1.54, 1.807) is 18.3 Å². The Labute approximate surface area is 86.1 Å². The van der Waals surface area contributed by atoms with Gasteiger partial charge in [0.2, 0.25) is 0 Å². The van der Waals surface area contributed by atoms with Gasteiger partial charge in [-0.15, -0.1) is 0 Å². The van der Waals surface area contributed by atoms with Crippen molar-refractivity contribution in [2.24, 2.45) is 5.73 Å². The first-order chi connectivity index (χ1) is 5.54. The van der Waals surface area contributed by atoms with E-state index < -0.39 is 17.2 Å². The number of aromatic nitrogens is 1. The van der Waals surface area contributed by atoms with Crippen LogP contribution in [0.3, 0.4) is 0 Å². The second-order valence-corrected chi connectivity index (χ2v) is 4.96. The molecule has 4 nitrogen and oxygen atoms in total. The molecule has 0 aliphatic rings. The second kappa shape index (κ2) is 6.22. The molecule has 1 aromatic rings. The van der Waals surface area contributed by atoms with Gasteiger partial charge in [-0.1, -0.05) is 4.32 Å². The van der Waals surface area contributed by atoms with E-state index in [1.165, 1.54) is 0 Å². The predicted octanol–water partition coefficient (Wildman–Crippen LogP) is -0.274. The second-order valence-electron chi connectivity index (χ2n) is 1.59. The Morgan fingerprint density at radius 3 is 2.33 bits per heavy atom. The van der Waals surface area contributed by atoms with E-state index in [-0.39, 0.29) is 4.32 Å². The maximum absolute atomic E-state index is 10.2. The molecule has 0 aliphatic heterocycles. The van der Waals surface area contributed by atoms with Gasteiger partial charge in [0.1, 0.15) is 0 Å². The molecule has 0 aliphatic carbocycles. The van der Waals surface area contributed by atoms with Gasteiger partial charge in [-0.05, 0) is 0 Å². The van der Waals surface area contributed by atoms with E-state index >= 15 is 0 Å². The molecule has 0 amide bonds. The fourth-order valence-electron chi connectivity index (χ4n) is 0.418. The molecule has 0 saturated heterocycles. The van der Waals surface area contributed by atoms with Crippen LogP contribution < -0.4 is 9.82 Å². The van der Waals surface area contributed by atoms with E-state index in [0.717, 1.165) is 0 Å². The number of hydrogen-bond donors (Lipinski definition) is 2. The average Bonchev–Trinajstić information content (AvgIpc) is 2.34. The van der Waals surface area contributed by atoms with E-state index in [1.807, 2.05) is 0 Å². The molecule has 66 valence electrons. The van der Waals surface area contributed by atoms with Gasteiger partial charge in [0.25, 0.3) is 0 Å². The number of H-pyrrole nitrogens is 1. The molecule has 0 unspecified atom stereocenters. The van der Waals surface area contributed by atoms with Crippen molar-refractivity contribution < 1.29 is 24.0 Å². The van der Waals surface area contributed by atoms with E-state index in [0.29, 0.717) is 4.08 Å². The van der Waals surface area contributed by atoms with Crippen molar-refractivity contribution in [3.63, 3.8) is 0 Å². The van der Waals surface area contributed by atoms with Crippen LogP contribution in [0.4, 0.5) is 0 Å². The van der Waals surface area contributed by atoms with Gasteiger partial charge in [-0.2, -0.15) is 0 Å². The minimum absolute atomic E-state index is 0.0833. The molecular formula is C5H6MoN2O2S2. The first-order valence-corrected chi connectivity index (χ1v) is 6.19. The molecule has 0 atom stereocenters. The zero-order valence-electron chi connectivity index (χ0n) is 5.85. The van der Waals surface area contributed by atoms with Crippen LogP contribution in [-0.4, -0.2) is 9.30 Å². The normalized spacial score (nSPS) is 8.00. The van der Waals surface area contributed by atoms with E-state index in [4.69, 9.17) is 0 Å². The van der Waals surface area contributed by atoms with E-state index in [2.05, 4.69) is 35.6 Å². The number of nitrogens with two attached hydrogens (primary N) is 1. The predicted molar refractivity (Wildman–Crippen MR) is 46.0 cm³/mol. The molecule has 7 heteroatoms. The molecule has 1 aromatic heterocycles. The van der Waals surface area contributed by atoms with Gasteiger partial charge in [-0.3, -0.25) is 0 Å². The van der Waals surface area contributed by atoms with Crippen LogP contribution in [0.1, 0.15) is 0 Å². The minimum atomic E-state index is -3.30. The molecule has 12 heavy (non-hydrogen) atoms. The third-order valence-electron chi connectivity index (χ3n) is 0.749. The summed E-state index contributed by atoms with van der Waals surface area (Å²) in [4.78, 5) is 2.59. The molecule has 3 N–H and O–H groups in total. The van der Waals surface area contributed by atoms with Crippen LogP contribution in [0.25, 0.3) is 0 Å². The van der Waals surface area contributed by atoms with Crippen LogP contribution >= 0.6 is 12.2 Å². The fraction of sp³-hybridized carbons (Fsp3) is 0. The van der Waals surface area contributed by atoms with Crippen LogP contribution in [0.15, 0.2) is 18.3 Å². The summed E-state index contributed by atoms with van der Waals surface area (Å²) < 4.78 is 20.8. The molecule has 0 aromatic carbocycles. The van der Waals surface area contributed by atoms with Gasteiger partial charge in [0.15, 0.2) is 0 Å². The first-order valence-electron chi connectivity index (χ1n) is 2.73. The standard InChI is InChI=1S/C4H4N.CH3NS2.Mo.2O/c1-2-4-5-3-1;2-1(3)4;;;/h1-3,5H;(H3,2,3,4);;;/q;;+1;;/p-1. The molecule has 1 rings (SSSR count). The fourth-order valence-corrected chi connectivity index (χ4v) is 1.29. The summed E-state index contributed by atoms with van der Waals surface area (Å²) in [5, 5.41) is 0. The number of hydrogen-bond acceptors (Lipinski definition) is 4. The Kier molecular flexibility index (Phi) is 6.06. The maximum atomic E-state index is 10.2. The Hall–Kier alpha value is -0.322. The van der Waals surface area contributed by atoms with Crippen molar-refractivity contribution in [2.45, 2.75) is 0 Å². The Morgan fingerprint density at radius 2 is 2.17 bits per heavy atom. The van der Waals surface area contributed by atoms with Gasteiger partial charge in [-0.25, -0.2) is 0 Å². The average molecular weight is 286 g/mol. The Bertz CT molecular complexity index is 295. The van der Waals surface area contributed by atoms with Crippen molar-refractivity contribution >= 4 is 33.3 Å². The third-order valence-corrected chi connectivity index (χ3v) is 2.26. The van der Waals surface area contributed by atoms with Crippen LogP contribution in [0.2, 0.25) is 0 Å². The van der Waals surface area contributed by atoms with Crippen molar-refractivity contribution in [1.29, 1.82) is 0 Å². The topological polar surface area (TPSA) is 76.0 Å². The summed E-state index contributed by atoms with van der Waals surface area (Å²) >= 11 is 4.96. The van der Waals surface area contributed by atoms with Crippen LogP contribution in [0.5, 0.6) is 0 Å². The van der Waals surface area contributed by atoms with Gasteiger partial charge >= 0.3 is 51.4 Å². The molecule has 0 saturated carbocycles. The van der Waals surface area contributed by atoms with Crippen molar-refractivity contribution in [3.8, 4) is 0 Å². The molecule has 0 spiro atoms. The van der Waals surface area contributed by atoms with E-state index in [9.17, 15) is 6.80 Å². The number of rotatable bonds is 1. The molecular weight excluding hydrogens is 280 g/mol. The number of aromatic amines is 1. The summed E-state index contributed by atoms with van der Waals surface area (Å²) in [6, 6.07) is 3.22. The summed E-state index contributed by atoms with van der Waals surface area (Å²) in [6.45, 7) is 0. The monoisotopic (exact) mass is 288 g/mol. The molecule has 1 heterocycles. The Morgan fingerprint density at radius 1 is 1.67 bits per heavy atom. The van der Waals surface area contributed by atoms with Crippen LogP contribution in [0, 0.1) is 0 Å². The number of nitrogens with one attached hydrogen (secondary N) is 1. The zero-order chi connectivity index (χ0) is 9.56. The van der Waals surface area contributed by atoms with Crippen molar-refractivity contribution in [1.82, 2.24) is 4.98 Å². The quantitative estimate of drug-likeness (QED) is 0.422. The SMILES string of the molecule is NC(=S)[S-].[O]=[Mo+](=[O])[c]1ccc[nH]1. The van der Waals surface area contributed by atoms with Gasteiger partial charge in [0.05, 0.1) is 0 Å². The van der Waals surface area contributed by atoms with Crippen molar-refractivity contribution in [3.05, 3.63) is 18.3 Å². The zero-order valence-corrected chi connectivity index (χ0v) is 9.49. The first kappa shape index (κ1) is 11.7. The molecule has 0 fully saturated rings. The van der Waals surface area contributed by atoms with Gasteiger partial charge < -0.3 is 30.6 Å². The summed E-state index contributed by atoms with van der Waals surface area (Å²) in [5.74, 6) is 0. The molecule has 0 radical (unpaired) electrons.